The van der Waals surface area contributed by atoms with Gasteiger partial charge in [0.15, 0.2) is 0 Å². The average molecular weight is 247 g/mol. The monoisotopic (exact) mass is 247 g/mol. The first-order chi connectivity index (χ1) is 8.49. The van der Waals surface area contributed by atoms with E-state index >= 15 is 0 Å². The summed E-state index contributed by atoms with van der Waals surface area (Å²) in [5.41, 5.74) is 7.12. The summed E-state index contributed by atoms with van der Waals surface area (Å²) in [6.07, 6.45) is 0.213. The highest BCUT2D eigenvalue weighted by Crippen LogP contribution is 2.26. The highest BCUT2D eigenvalue weighted by Gasteiger charge is 2.33. The number of anilines is 2. The Labute approximate surface area is 106 Å². The van der Waals surface area contributed by atoms with Crippen LogP contribution in [0.4, 0.5) is 11.4 Å². The molecule has 1 atom stereocenters. The quantitative estimate of drug-likeness (QED) is 0.850. The molecule has 1 aliphatic rings. The Kier molecular flexibility index (Phi) is 3.23. The Morgan fingerprint density at radius 2 is 1.94 bits per heavy atom. The van der Waals surface area contributed by atoms with Crippen LogP contribution in [0.5, 0.6) is 0 Å². The zero-order valence-corrected chi connectivity index (χ0v) is 10.6. The predicted octanol–water partition coefficient (Wildman–Crippen LogP) is 0.591. The van der Waals surface area contributed by atoms with Gasteiger partial charge in [0.25, 0.3) is 0 Å². The third-order valence-corrected chi connectivity index (χ3v) is 3.21. The number of hydrogen-bond acceptors (Lipinski definition) is 3. The number of nitrogens with two attached hydrogens (primary N) is 1. The van der Waals surface area contributed by atoms with Gasteiger partial charge >= 0.3 is 0 Å². The molecule has 5 nitrogen and oxygen atoms in total. The lowest BCUT2D eigenvalue weighted by Gasteiger charge is -2.18. The number of hydrogen-bond donors (Lipinski definition) is 1. The number of carbonyl (C=O) groups excluding carboxylic acids is 2. The van der Waals surface area contributed by atoms with Crippen molar-refractivity contribution >= 4 is 23.2 Å². The molecule has 1 saturated heterocycles. The normalized spacial score (nSPS) is 19.1. The van der Waals surface area contributed by atoms with Gasteiger partial charge in [-0.15, -0.1) is 0 Å². The zero-order valence-electron chi connectivity index (χ0n) is 10.6. The van der Waals surface area contributed by atoms with Crippen molar-refractivity contribution in [2.45, 2.75) is 6.42 Å². The highest BCUT2D eigenvalue weighted by molar-refractivity contribution is 6.00. The second-order valence-electron chi connectivity index (χ2n) is 4.72. The van der Waals surface area contributed by atoms with Crippen molar-refractivity contribution in [1.82, 2.24) is 0 Å². The van der Waals surface area contributed by atoms with E-state index in [2.05, 4.69) is 0 Å². The van der Waals surface area contributed by atoms with Crippen LogP contribution in [0.15, 0.2) is 24.3 Å². The topological polar surface area (TPSA) is 66.6 Å². The summed E-state index contributed by atoms with van der Waals surface area (Å²) in [6, 6.07) is 7.66. The van der Waals surface area contributed by atoms with Gasteiger partial charge in [0.05, 0.1) is 5.92 Å². The zero-order chi connectivity index (χ0) is 13.3. The molecule has 18 heavy (non-hydrogen) atoms. The first-order valence-electron chi connectivity index (χ1n) is 5.86. The van der Waals surface area contributed by atoms with Gasteiger partial charge in [-0.25, -0.2) is 0 Å². The van der Waals surface area contributed by atoms with Gasteiger partial charge in [0.1, 0.15) is 0 Å². The van der Waals surface area contributed by atoms with Crippen molar-refractivity contribution in [2.75, 3.05) is 30.4 Å². The molecule has 0 radical (unpaired) electrons. The van der Waals surface area contributed by atoms with Gasteiger partial charge in [-0.1, -0.05) is 0 Å². The van der Waals surface area contributed by atoms with Gasteiger partial charge in [-0.05, 0) is 24.3 Å². The summed E-state index contributed by atoms with van der Waals surface area (Å²) >= 11 is 0. The van der Waals surface area contributed by atoms with Crippen LogP contribution in [0, 0.1) is 5.92 Å². The number of rotatable bonds is 3. The lowest BCUT2D eigenvalue weighted by atomic mass is 10.1. The van der Waals surface area contributed by atoms with E-state index in [-0.39, 0.29) is 18.2 Å². The molecule has 1 fully saturated rings. The molecule has 1 aliphatic heterocycles. The molecule has 1 aromatic carbocycles. The number of benzene rings is 1. The summed E-state index contributed by atoms with van der Waals surface area (Å²) in [5.74, 6) is -0.821. The maximum atomic E-state index is 11.8. The van der Waals surface area contributed by atoms with Crippen LogP contribution in [0.2, 0.25) is 0 Å². The van der Waals surface area contributed by atoms with Crippen LogP contribution in [0.25, 0.3) is 0 Å². The highest BCUT2D eigenvalue weighted by atomic mass is 16.2. The largest absolute Gasteiger partial charge is 0.378 e. The molecular formula is C13H17N3O2. The fourth-order valence-corrected chi connectivity index (χ4v) is 2.08. The van der Waals surface area contributed by atoms with Crippen LogP contribution >= 0.6 is 0 Å². The van der Waals surface area contributed by atoms with Crippen molar-refractivity contribution in [1.29, 1.82) is 0 Å². The molecule has 0 spiro atoms. The van der Waals surface area contributed by atoms with Gasteiger partial charge < -0.3 is 15.5 Å². The van der Waals surface area contributed by atoms with Gasteiger partial charge in [0.2, 0.25) is 11.8 Å². The first kappa shape index (κ1) is 12.4. The second-order valence-corrected chi connectivity index (χ2v) is 4.72. The van der Waals surface area contributed by atoms with E-state index in [1.807, 2.05) is 43.3 Å². The Morgan fingerprint density at radius 1 is 1.33 bits per heavy atom. The van der Waals surface area contributed by atoms with Crippen LogP contribution in [0.1, 0.15) is 6.42 Å². The molecule has 0 saturated carbocycles. The average Bonchev–Trinajstić information content (AvgIpc) is 2.71. The summed E-state index contributed by atoms with van der Waals surface area (Å²) in [4.78, 5) is 26.5. The van der Waals surface area contributed by atoms with E-state index in [1.54, 1.807) is 4.90 Å². The minimum Gasteiger partial charge on any atom is -0.378 e. The number of amides is 2. The number of carbonyl (C=O) groups is 2. The third kappa shape index (κ3) is 2.30. The Morgan fingerprint density at radius 3 is 2.39 bits per heavy atom. The molecule has 1 heterocycles. The summed E-state index contributed by atoms with van der Waals surface area (Å²) in [6.45, 7) is 0.384. The fourth-order valence-electron chi connectivity index (χ4n) is 2.08. The maximum Gasteiger partial charge on any atom is 0.227 e. The maximum absolute atomic E-state index is 11.8. The molecule has 5 heteroatoms. The SMILES string of the molecule is CN(C)c1ccc(N2C[C@@H](C(N)=O)CC2=O)cc1. The van der Waals surface area contributed by atoms with Crippen molar-refractivity contribution in [3.63, 3.8) is 0 Å². The van der Waals surface area contributed by atoms with Crippen molar-refractivity contribution in [3.8, 4) is 0 Å². The standard InChI is InChI=1S/C13H17N3O2/c1-15(2)10-3-5-11(6-4-10)16-8-9(13(14)18)7-12(16)17/h3-6,9H,7-8H2,1-2H3,(H2,14,18)/t9-/m0/s1. The second kappa shape index (κ2) is 4.68. The van der Waals surface area contributed by atoms with Gasteiger partial charge in [-0.2, -0.15) is 0 Å². The smallest absolute Gasteiger partial charge is 0.227 e. The molecule has 0 unspecified atom stereocenters. The van der Waals surface area contributed by atoms with E-state index in [1.165, 1.54) is 0 Å². The lowest BCUT2D eigenvalue weighted by molar-refractivity contribution is -0.123. The summed E-state index contributed by atoms with van der Waals surface area (Å²) in [7, 11) is 3.91. The van der Waals surface area contributed by atoms with Gasteiger partial charge in [-0.3, -0.25) is 9.59 Å². The molecular weight excluding hydrogens is 230 g/mol. The molecule has 2 N–H and O–H groups in total. The van der Waals surface area contributed by atoms with Gasteiger partial charge in [0, 0.05) is 38.4 Å². The Bertz CT molecular complexity index is 468. The minimum absolute atomic E-state index is 0.0450. The van der Waals surface area contributed by atoms with E-state index in [4.69, 9.17) is 5.73 Å². The summed E-state index contributed by atoms with van der Waals surface area (Å²) in [5, 5.41) is 0. The van der Waals surface area contributed by atoms with Crippen LogP contribution in [0.3, 0.4) is 0 Å². The Balaban J connectivity index is 2.17. The van der Waals surface area contributed by atoms with E-state index in [0.717, 1.165) is 11.4 Å². The van der Waals surface area contributed by atoms with E-state index in [0.29, 0.717) is 6.54 Å². The van der Waals surface area contributed by atoms with Crippen LogP contribution in [-0.2, 0) is 9.59 Å². The van der Waals surface area contributed by atoms with Crippen molar-refractivity contribution < 1.29 is 9.59 Å². The number of primary amides is 1. The summed E-state index contributed by atoms with van der Waals surface area (Å²) < 4.78 is 0. The fraction of sp³-hybridized carbons (Fsp3) is 0.385. The van der Waals surface area contributed by atoms with Crippen LogP contribution < -0.4 is 15.5 Å². The minimum atomic E-state index is -0.407. The lowest BCUT2D eigenvalue weighted by Crippen LogP contribution is -2.28. The molecule has 96 valence electrons. The van der Waals surface area contributed by atoms with Crippen molar-refractivity contribution in [2.24, 2.45) is 11.7 Å². The number of nitrogens with zero attached hydrogens (tertiary/aromatic N) is 2. The van der Waals surface area contributed by atoms with Crippen molar-refractivity contribution in [3.05, 3.63) is 24.3 Å². The Hall–Kier alpha value is -2.04. The van der Waals surface area contributed by atoms with E-state index < -0.39 is 5.91 Å². The third-order valence-electron chi connectivity index (χ3n) is 3.21. The van der Waals surface area contributed by atoms with E-state index in [9.17, 15) is 9.59 Å². The first-order valence-corrected chi connectivity index (χ1v) is 5.86. The molecule has 2 amide bonds. The predicted molar refractivity (Wildman–Crippen MR) is 70.4 cm³/mol. The molecule has 0 bridgehead atoms. The molecule has 2 rings (SSSR count). The molecule has 0 aromatic heterocycles. The molecule has 0 aliphatic carbocycles. The molecule has 1 aromatic rings. The van der Waals surface area contributed by atoms with Crippen LogP contribution in [-0.4, -0.2) is 32.5 Å².